The van der Waals surface area contributed by atoms with Crippen molar-refractivity contribution in [3.8, 4) is 5.69 Å². The minimum absolute atomic E-state index is 0.201. The Labute approximate surface area is 128 Å². The van der Waals surface area contributed by atoms with Crippen LogP contribution in [0.4, 0.5) is 5.69 Å². The average Bonchev–Trinajstić information content (AvgIpc) is 3.02. The van der Waals surface area contributed by atoms with E-state index in [1.807, 2.05) is 12.1 Å². The number of carbonyl (C=O) groups is 1. The monoisotopic (exact) mass is 344 g/mol. The zero-order valence-corrected chi connectivity index (χ0v) is 12.2. The van der Waals surface area contributed by atoms with Gasteiger partial charge in [-0.2, -0.15) is 0 Å². The van der Waals surface area contributed by atoms with Gasteiger partial charge in [0, 0.05) is 17.4 Å². The van der Waals surface area contributed by atoms with Crippen LogP contribution in [0.5, 0.6) is 0 Å². The third-order valence-electron chi connectivity index (χ3n) is 2.73. The summed E-state index contributed by atoms with van der Waals surface area (Å²) in [5, 5.41) is 13.7. The van der Waals surface area contributed by atoms with Crippen molar-refractivity contribution >= 4 is 27.5 Å². The van der Waals surface area contributed by atoms with E-state index in [0.29, 0.717) is 15.9 Å². The zero-order valence-electron chi connectivity index (χ0n) is 10.6. The van der Waals surface area contributed by atoms with E-state index in [4.69, 9.17) is 0 Å². The quantitative estimate of drug-likeness (QED) is 0.735. The Kier molecular flexibility index (Phi) is 3.69. The SMILES string of the molecule is O=C(Nc1ccc(-n2cnnn2)cc1)c1ccnc(Br)c1. The third-order valence-corrected chi connectivity index (χ3v) is 3.16. The summed E-state index contributed by atoms with van der Waals surface area (Å²) in [5.74, 6) is -0.201. The number of hydrogen-bond acceptors (Lipinski definition) is 5. The van der Waals surface area contributed by atoms with Gasteiger partial charge in [0.05, 0.1) is 5.69 Å². The Morgan fingerprint density at radius 2 is 2.00 bits per heavy atom. The number of anilines is 1. The van der Waals surface area contributed by atoms with Gasteiger partial charge in [0.25, 0.3) is 5.91 Å². The molecule has 0 radical (unpaired) electrons. The van der Waals surface area contributed by atoms with Crippen LogP contribution in [0.3, 0.4) is 0 Å². The highest BCUT2D eigenvalue weighted by molar-refractivity contribution is 9.10. The molecule has 2 aromatic heterocycles. The number of nitrogens with zero attached hydrogens (tertiary/aromatic N) is 5. The first-order chi connectivity index (χ1) is 10.2. The summed E-state index contributed by atoms with van der Waals surface area (Å²) in [6.07, 6.45) is 3.07. The van der Waals surface area contributed by atoms with E-state index in [0.717, 1.165) is 5.69 Å². The topological polar surface area (TPSA) is 85.6 Å². The molecule has 2 heterocycles. The van der Waals surface area contributed by atoms with Gasteiger partial charge < -0.3 is 5.32 Å². The Hall–Kier alpha value is -2.61. The smallest absolute Gasteiger partial charge is 0.255 e. The summed E-state index contributed by atoms with van der Waals surface area (Å²) in [7, 11) is 0. The van der Waals surface area contributed by atoms with Crippen LogP contribution in [0.15, 0.2) is 53.5 Å². The lowest BCUT2D eigenvalue weighted by molar-refractivity contribution is 0.102. The van der Waals surface area contributed by atoms with E-state index >= 15 is 0 Å². The van der Waals surface area contributed by atoms with Gasteiger partial charge in [-0.1, -0.05) is 0 Å². The first-order valence-electron chi connectivity index (χ1n) is 5.99. The van der Waals surface area contributed by atoms with Gasteiger partial charge in [0.1, 0.15) is 10.9 Å². The number of amides is 1. The number of tetrazole rings is 1. The van der Waals surface area contributed by atoms with E-state index < -0.39 is 0 Å². The van der Waals surface area contributed by atoms with Crippen molar-refractivity contribution in [2.75, 3.05) is 5.32 Å². The minimum Gasteiger partial charge on any atom is -0.322 e. The lowest BCUT2D eigenvalue weighted by atomic mass is 10.2. The molecule has 3 aromatic rings. The maximum atomic E-state index is 12.1. The number of halogens is 1. The normalized spacial score (nSPS) is 10.3. The fourth-order valence-corrected chi connectivity index (χ4v) is 2.09. The second kappa shape index (κ2) is 5.80. The molecule has 1 aromatic carbocycles. The highest BCUT2D eigenvalue weighted by Gasteiger charge is 2.07. The van der Waals surface area contributed by atoms with Crippen molar-refractivity contribution in [2.24, 2.45) is 0 Å². The van der Waals surface area contributed by atoms with Crippen molar-refractivity contribution < 1.29 is 4.79 Å². The number of pyridine rings is 1. The number of aromatic nitrogens is 5. The number of carbonyl (C=O) groups excluding carboxylic acids is 1. The van der Waals surface area contributed by atoms with Crippen LogP contribution in [0, 0.1) is 0 Å². The highest BCUT2D eigenvalue weighted by atomic mass is 79.9. The van der Waals surface area contributed by atoms with Gasteiger partial charge in [-0.05, 0) is 62.8 Å². The lowest BCUT2D eigenvalue weighted by Crippen LogP contribution is -2.12. The second-order valence-electron chi connectivity index (χ2n) is 4.12. The Bertz CT molecular complexity index is 757. The lowest BCUT2D eigenvalue weighted by Gasteiger charge is -2.06. The summed E-state index contributed by atoms with van der Waals surface area (Å²) in [5.41, 5.74) is 2.02. The molecule has 21 heavy (non-hydrogen) atoms. The van der Waals surface area contributed by atoms with E-state index in [1.54, 1.807) is 30.5 Å². The summed E-state index contributed by atoms with van der Waals surface area (Å²) >= 11 is 3.23. The average molecular weight is 345 g/mol. The van der Waals surface area contributed by atoms with Crippen LogP contribution in [-0.2, 0) is 0 Å². The van der Waals surface area contributed by atoms with E-state index in [2.05, 4.69) is 41.8 Å². The zero-order chi connectivity index (χ0) is 14.7. The Morgan fingerprint density at radius 1 is 1.19 bits per heavy atom. The van der Waals surface area contributed by atoms with Gasteiger partial charge in [0.2, 0.25) is 0 Å². The van der Waals surface area contributed by atoms with Gasteiger partial charge in [-0.15, -0.1) is 5.10 Å². The van der Waals surface area contributed by atoms with Gasteiger partial charge in [-0.3, -0.25) is 4.79 Å². The molecule has 0 saturated carbocycles. The van der Waals surface area contributed by atoms with Crippen molar-refractivity contribution in [1.29, 1.82) is 0 Å². The molecule has 0 aliphatic carbocycles. The molecule has 3 rings (SSSR count). The molecular formula is C13H9BrN6O. The van der Waals surface area contributed by atoms with Gasteiger partial charge in [0.15, 0.2) is 0 Å². The number of hydrogen-bond donors (Lipinski definition) is 1. The number of benzene rings is 1. The molecule has 0 unspecified atom stereocenters. The van der Waals surface area contributed by atoms with Crippen LogP contribution in [0.25, 0.3) is 5.69 Å². The first-order valence-corrected chi connectivity index (χ1v) is 6.78. The molecule has 1 amide bonds. The summed E-state index contributed by atoms with van der Waals surface area (Å²) in [6, 6.07) is 10.5. The summed E-state index contributed by atoms with van der Waals surface area (Å²) < 4.78 is 2.15. The largest absolute Gasteiger partial charge is 0.322 e. The van der Waals surface area contributed by atoms with Crippen LogP contribution in [0.1, 0.15) is 10.4 Å². The molecule has 7 nitrogen and oxygen atoms in total. The molecular weight excluding hydrogens is 336 g/mol. The molecule has 1 N–H and O–H groups in total. The Morgan fingerprint density at radius 3 is 2.67 bits per heavy atom. The van der Waals surface area contributed by atoms with Crippen molar-refractivity contribution in [1.82, 2.24) is 25.2 Å². The minimum atomic E-state index is -0.201. The maximum absolute atomic E-state index is 12.1. The molecule has 0 fully saturated rings. The number of nitrogens with one attached hydrogen (secondary N) is 1. The molecule has 0 bridgehead atoms. The fourth-order valence-electron chi connectivity index (χ4n) is 1.72. The molecule has 8 heteroatoms. The number of rotatable bonds is 3. The van der Waals surface area contributed by atoms with Gasteiger partial charge in [-0.25, -0.2) is 9.67 Å². The molecule has 0 aliphatic heterocycles. The third kappa shape index (κ3) is 3.11. The van der Waals surface area contributed by atoms with Crippen LogP contribution in [0.2, 0.25) is 0 Å². The molecule has 0 atom stereocenters. The summed E-state index contributed by atoms with van der Waals surface area (Å²) in [6.45, 7) is 0. The standard InChI is InChI=1S/C13H9BrN6O/c14-12-7-9(5-6-15-12)13(21)17-10-1-3-11(4-2-10)20-8-16-18-19-20/h1-8H,(H,17,21). The molecule has 0 spiro atoms. The molecule has 0 saturated heterocycles. The predicted octanol–water partition coefficient (Wildman–Crippen LogP) is 2.07. The van der Waals surface area contributed by atoms with Crippen molar-refractivity contribution in [3.63, 3.8) is 0 Å². The molecule has 0 aliphatic rings. The van der Waals surface area contributed by atoms with Gasteiger partial charge >= 0.3 is 0 Å². The first kappa shape index (κ1) is 13.4. The van der Waals surface area contributed by atoms with E-state index in [9.17, 15) is 4.79 Å². The van der Waals surface area contributed by atoms with Crippen LogP contribution >= 0.6 is 15.9 Å². The van der Waals surface area contributed by atoms with Crippen LogP contribution in [-0.4, -0.2) is 31.1 Å². The van der Waals surface area contributed by atoms with E-state index in [-0.39, 0.29) is 5.91 Å². The van der Waals surface area contributed by atoms with E-state index in [1.165, 1.54) is 11.0 Å². The fraction of sp³-hybridized carbons (Fsp3) is 0. The summed E-state index contributed by atoms with van der Waals surface area (Å²) in [4.78, 5) is 16.1. The molecule has 104 valence electrons. The maximum Gasteiger partial charge on any atom is 0.255 e. The van der Waals surface area contributed by atoms with Crippen molar-refractivity contribution in [3.05, 3.63) is 59.1 Å². The van der Waals surface area contributed by atoms with Crippen LogP contribution < -0.4 is 5.32 Å². The predicted molar refractivity (Wildman–Crippen MR) is 79.0 cm³/mol. The second-order valence-corrected chi connectivity index (χ2v) is 4.94. The highest BCUT2D eigenvalue weighted by Crippen LogP contribution is 2.14. The van der Waals surface area contributed by atoms with Crippen molar-refractivity contribution in [2.45, 2.75) is 0 Å². The Balaban J connectivity index is 1.75.